The van der Waals surface area contributed by atoms with Crippen LogP contribution in [0.2, 0.25) is 0 Å². The van der Waals surface area contributed by atoms with Crippen molar-refractivity contribution in [2.45, 2.75) is 51.5 Å². The summed E-state index contributed by atoms with van der Waals surface area (Å²) < 4.78 is 5.57. The van der Waals surface area contributed by atoms with Gasteiger partial charge in [-0.1, -0.05) is 36.4 Å². The lowest BCUT2D eigenvalue weighted by atomic mass is 10.0. The molecule has 5 nitrogen and oxygen atoms in total. The first-order valence-corrected chi connectivity index (χ1v) is 9.42. The first-order chi connectivity index (χ1) is 12.8. The summed E-state index contributed by atoms with van der Waals surface area (Å²) in [7, 11) is 0. The van der Waals surface area contributed by atoms with Crippen molar-refractivity contribution in [3.8, 4) is 11.1 Å². The van der Waals surface area contributed by atoms with Crippen molar-refractivity contribution >= 4 is 11.6 Å². The van der Waals surface area contributed by atoms with Crippen molar-refractivity contribution in [3.05, 3.63) is 54.1 Å². The standard InChI is InChI=1S/C22H28N2O3/c1-22(2,3)27-21(26)17-8-6-15(7-9-17)16-10-12-18(13-11-16)24-20(25)19-5-4-14-23-19/h6-13,19,21,23,26H,4-5,14H2,1-3H3,(H,24,25)/t19-,21?/m1/s1. The van der Waals surface area contributed by atoms with Crippen LogP contribution in [0.3, 0.4) is 0 Å². The molecule has 0 aliphatic carbocycles. The van der Waals surface area contributed by atoms with E-state index in [1.54, 1.807) is 0 Å². The molecule has 0 radical (unpaired) electrons. The molecule has 144 valence electrons. The van der Waals surface area contributed by atoms with E-state index in [1.165, 1.54) is 0 Å². The molecule has 2 aromatic rings. The molecule has 0 bridgehead atoms. The zero-order valence-corrected chi connectivity index (χ0v) is 16.2. The Balaban J connectivity index is 1.63. The summed E-state index contributed by atoms with van der Waals surface area (Å²) in [6, 6.07) is 15.4. The van der Waals surface area contributed by atoms with Crippen molar-refractivity contribution in [1.82, 2.24) is 5.32 Å². The monoisotopic (exact) mass is 368 g/mol. The first-order valence-electron chi connectivity index (χ1n) is 9.42. The van der Waals surface area contributed by atoms with E-state index in [1.807, 2.05) is 69.3 Å². The zero-order chi connectivity index (χ0) is 19.4. The van der Waals surface area contributed by atoms with Crippen LogP contribution >= 0.6 is 0 Å². The van der Waals surface area contributed by atoms with Gasteiger partial charge in [-0.15, -0.1) is 0 Å². The lowest BCUT2D eigenvalue weighted by Gasteiger charge is -2.24. The van der Waals surface area contributed by atoms with Crippen molar-refractivity contribution in [2.24, 2.45) is 0 Å². The molecule has 1 amide bonds. The summed E-state index contributed by atoms with van der Waals surface area (Å²) >= 11 is 0. The highest BCUT2D eigenvalue weighted by Gasteiger charge is 2.22. The van der Waals surface area contributed by atoms with E-state index in [9.17, 15) is 9.90 Å². The van der Waals surface area contributed by atoms with Crippen LogP contribution in [0.4, 0.5) is 5.69 Å². The highest BCUT2D eigenvalue weighted by atomic mass is 16.6. The summed E-state index contributed by atoms with van der Waals surface area (Å²) in [6.45, 7) is 6.64. The topological polar surface area (TPSA) is 70.6 Å². The van der Waals surface area contributed by atoms with Gasteiger partial charge in [0.15, 0.2) is 6.29 Å². The van der Waals surface area contributed by atoms with Crippen molar-refractivity contribution in [1.29, 1.82) is 0 Å². The summed E-state index contributed by atoms with van der Waals surface area (Å²) in [5.74, 6) is 0.0254. The smallest absolute Gasteiger partial charge is 0.241 e. The second kappa shape index (κ2) is 8.21. The normalized spacial score (nSPS) is 18.3. The number of benzene rings is 2. The molecule has 1 saturated heterocycles. The van der Waals surface area contributed by atoms with Gasteiger partial charge in [0.2, 0.25) is 5.91 Å². The van der Waals surface area contributed by atoms with Gasteiger partial charge < -0.3 is 20.5 Å². The van der Waals surface area contributed by atoms with E-state index in [-0.39, 0.29) is 11.9 Å². The number of aliphatic hydroxyl groups excluding tert-OH is 1. The molecule has 1 heterocycles. The Morgan fingerprint density at radius 3 is 2.22 bits per heavy atom. The maximum atomic E-state index is 12.2. The molecule has 3 rings (SSSR count). The number of hydrogen-bond donors (Lipinski definition) is 3. The molecule has 1 unspecified atom stereocenters. The van der Waals surface area contributed by atoms with Gasteiger partial charge in [0.05, 0.1) is 11.6 Å². The van der Waals surface area contributed by atoms with Gasteiger partial charge in [0.25, 0.3) is 0 Å². The molecule has 1 aliphatic heterocycles. The fourth-order valence-corrected chi connectivity index (χ4v) is 3.13. The average molecular weight is 368 g/mol. The van der Waals surface area contributed by atoms with Gasteiger partial charge in [-0.3, -0.25) is 4.79 Å². The van der Waals surface area contributed by atoms with Crippen LogP contribution in [0.1, 0.15) is 45.5 Å². The third-order valence-electron chi connectivity index (χ3n) is 4.52. The molecule has 27 heavy (non-hydrogen) atoms. The Morgan fingerprint density at radius 2 is 1.70 bits per heavy atom. The van der Waals surface area contributed by atoms with Crippen molar-refractivity contribution in [2.75, 3.05) is 11.9 Å². The van der Waals surface area contributed by atoms with E-state index in [4.69, 9.17) is 4.74 Å². The molecule has 0 saturated carbocycles. The van der Waals surface area contributed by atoms with Crippen molar-refractivity contribution < 1.29 is 14.6 Å². The molecule has 1 aliphatic rings. The predicted octanol–water partition coefficient (Wildman–Crippen LogP) is 3.85. The van der Waals surface area contributed by atoms with E-state index in [0.717, 1.165) is 41.8 Å². The van der Waals surface area contributed by atoms with Crippen LogP contribution in [0.15, 0.2) is 48.5 Å². The Labute approximate surface area is 160 Å². The maximum absolute atomic E-state index is 12.2. The number of aliphatic hydroxyl groups is 1. The highest BCUT2D eigenvalue weighted by Crippen LogP contribution is 2.26. The number of ether oxygens (including phenoxy) is 1. The molecule has 3 N–H and O–H groups in total. The number of carbonyl (C=O) groups is 1. The first kappa shape index (κ1) is 19.5. The molecule has 1 fully saturated rings. The van der Waals surface area contributed by atoms with Gasteiger partial charge in [-0.25, -0.2) is 0 Å². The fourth-order valence-electron chi connectivity index (χ4n) is 3.13. The minimum atomic E-state index is -0.944. The SMILES string of the molecule is CC(C)(C)OC(O)c1ccc(-c2ccc(NC(=O)[C@H]3CCCN3)cc2)cc1. The predicted molar refractivity (Wildman–Crippen MR) is 107 cm³/mol. The van der Waals surface area contributed by atoms with E-state index < -0.39 is 11.9 Å². The Kier molecular flexibility index (Phi) is 5.95. The Bertz CT molecular complexity index is 758. The van der Waals surface area contributed by atoms with Crippen LogP contribution in [0.25, 0.3) is 11.1 Å². The van der Waals surface area contributed by atoms with Gasteiger partial charge in [-0.05, 0) is 63.4 Å². The number of rotatable bonds is 5. The quantitative estimate of drug-likeness (QED) is 0.701. The fraction of sp³-hybridized carbons (Fsp3) is 0.409. The zero-order valence-electron chi connectivity index (χ0n) is 16.2. The molecule has 2 atom stereocenters. The minimum absolute atomic E-state index is 0.0254. The Hall–Kier alpha value is -2.21. The van der Waals surface area contributed by atoms with E-state index in [2.05, 4.69) is 10.6 Å². The maximum Gasteiger partial charge on any atom is 0.241 e. The second-order valence-electron chi connectivity index (χ2n) is 7.92. The van der Waals surface area contributed by atoms with Crippen LogP contribution in [0.5, 0.6) is 0 Å². The lowest BCUT2D eigenvalue weighted by Crippen LogP contribution is -2.35. The van der Waals surface area contributed by atoms with Crippen molar-refractivity contribution in [3.63, 3.8) is 0 Å². The number of amides is 1. The minimum Gasteiger partial charge on any atom is -0.364 e. The van der Waals surface area contributed by atoms with Crippen LogP contribution in [0, 0.1) is 0 Å². The summed E-state index contributed by atoms with van der Waals surface area (Å²) in [6.07, 6.45) is 0.990. The summed E-state index contributed by atoms with van der Waals surface area (Å²) in [5, 5.41) is 16.3. The molecule has 0 spiro atoms. The van der Waals surface area contributed by atoms with Gasteiger partial charge in [-0.2, -0.15) is 0 Å². The molecular weight excluding hydrogens is 340 g/mol. The van der Waals surface area contributed by atoms with Crippen LogP contribution in [-0.2, 0) is 9.53 Å². The summed E-state index contributed by atoms with van der Waals surface area (Å²) in [4.78, 5) is 12.2. The van der Waals surface area contributed by atoms with Gasteiger partial charge in [0.1, 0.15) is 0 Å². The highest BCUT2D eigenvalue weighted by molar-refractivity contribution is 5.95. The third kappa shape index (κ3) is 5.39. The number of anilines is 1. The number of nitrogens with one attached hydrogen (secondary N) is 2. The molecule has 5 heteroatoms. The van der Waals surface area contributed by atoms with Gasteiger partial charge in [0, 0.05) is 11.3 Å². The second-order valence-corrected chi connectivity index (χ2v) is 7.92. The summed E-state index contributed by atoms with van der Waals surface area (Å²) in [5.41, 5.74) is 3.19. The average Bonchev–Trinajstić information content (AvgIpc) is 3.16. The number of carbonyl (C=O) groups excluding carboxylic acids is 1. The molecule has 0 aromatic heterocycles. The van der Waals surface area contributed by atoms with E-state index in [0.29, 0.717) is 0 Å². The largest absolute Gasteiger partial charge is 0.364 e. The van der Waals surface area contributed by atoms with E-state index >= 15 is 0 Å². The molecular formula is C22H28N2O3. The number of hydrogen-bond acceptors (Lipinski definition) is 4. The molecule has 2 aromatic carbocycles. The third-order valence-corrected chi connectivity index (χ3v) is 4.52. The van der Waals surface area contributed by atoms with Crippen LogP contribution < -0.4 is 10.6 Å². The van der Waals surface area contributed by atoms with Crippen LogP contribution in [-0.4, -0.2) is 29.2 Å². The Morgan fingerprint density at radius 1 is 1.11 bits per heavy atom. The van der Waals surface area contributed by atoms with Gasteiger partial charge >= 0.3 is 0 Å². The lowest BCUT2D eigenvalue weighted by molar-refractivity contribution is -0.169.